The van der Waals surface area contributed by atoms with Crippen molar-refractivity contribution in [3.8, 4) is 5.69 Å². The van der Waals surface area contributed by atoms with Gasteiger partial charge in [-0.25, -0.2) is 13.5 Å². The molecule has 1 aromatic carbocycles. The first kappa shape index (κ1) is 20.9. The van der Waals surface area contributed by atoms with Gasteiger partial charge in [-0.15, -0.1) is 0 Å². The van der Waals surface area contributed by atoms with Crippen LogP contribution in [0.4, 0.5) is 8.78 Å². The Morgan fingerprint density at radius 2 is 1.97 bits per heavy atom. The van der Waals surface area contributed by atoms with Crippen LogP contribution in [0.3, 0.4) is 0 Å². The summed E-state index contributed by atoms with van der Waals surface area (Å²) < 4.78 is 34.0. The van der Waals surface area contributed by atoms with Crippen LogP contribution >= 0.6 is 0 Å². The van der Waals surface area contributed by atoms with Crippen LogP contribution in [0.15, 0.2) is 18.2 Å². The van der Waals surface area contributed by atoms with E-state index in [4.69, 9.17) is 4.74 Å². The van der Waals surface area contributed by atoms with Crippen molar-refractivity contribution in [1.29, 1.82) is 0 Å². The summed E-state index contributed by atoms with van der Waals surface area (Å²) in [6, 6.07) is 2.65. The highest BCUT2D eigenvalue weighted by Gasteiger charge is 2.34. The summed E-state index contributed by atoms with van der Waals surface area (Å²) in [5.41, 5.74) is 1.14. The number of carbonyl (C=O) groups is 2. The smallest absolute Gasteiger partial charge is 0.272 e. The Morgan fingerprint density at radius 3 is 2.59 bits per heavy atom. The van der Waals surface area contributed by atoms with Crippen molar-refractivity contribution in [2.75, 3.05) is 13.7 Å². The van der Waals surface area contributed by atoms with E-state index < -0.39 is 29.0 Å². The third kappa shape index (κ3) is 4.14. The van der Waals surface area contributed by atoms with Crippen LogP contribution in [0, 0.1) is 17.0 Å². The van der Waals surface area contributed by atoms with Crippen LogP contribution in [0.1, 0.15) is 42.5 Å². The number of rotatable bonds is 4. The van der Waals surface area contributed by atoms with Crippen LogP contribution in [-0.2, 0) is 22.6 Å². The van der Waals surface area contributed by atoms with Gasteiger partial charge < -0.3 is 15.4 Å². The van der Waals surface area contributed by atoms with Gasteiger partial charge in [-0.2, -0.15) is 5.10 Å². The van der Waals surface area contributed by atoms with Crippen molar-refractivity contribution < 1.29 is 23.1 Å². The molecule has 2 heterocycles. The number of likely N-dealkylation sites (N-methyl/N-ethyl adjacent to an activating group) is 1. The number of fused-ring (bicyclic) bond motifs is 1. The summed E-state index contributed by atoms with van der Waals surface area (Å²) >= 11 is 0. The average molecular weight is 406 g/mol. The van der Waals surface area contributed by atoms with Gasteiger partial charge in [0.05, 0.1) is 24.6 Å². The van der Waals surface area contributed by atoms with Gasteiger partial charge in [-0.05, 0) is 17.5 Å². The molecule has 0 aliphatic carbocycles. The highest BCUT2D eigenvalue weighted by molar-refractivity contribution is 5.97. The molecule has 0 fully saturated rings. The molecule has 3 rings (SSSR count). The highest BCUT2D eigenvalue weighted by Crippen LogP contribution is 2.26. The van der Waals surface area contributed by atoms with Crippen molar-refractivity contribution in [1.82, 2.24) is 20.4 Å². The summed E-state index contributed by atoms with van der Waals surface area (Å²) in [6.45, 7) is 6.11. The lowest BCUT2D eigenvalue weighted by Gasteiger charge is -2.29. The second-order valence-corrected chi connectivity index (χ2v) is 7.97. The van der Waals surface area contributed by atoms with E-state index in [1.54, 1.807) is 0 Å². The molecule has 2 N–H and O–H groups in total. The molecule has 0 unspecified atom stereocenters. The largest absolute Gasteiger partial charge is 0.376 e. The molecule has 7 nitrogen and oxygen atoms in total. The number of amides is 2. The fraction of sp³-hybridized carbons (Fsp3) is 0.450. The predicted octanol–water partition coefficient (Wildman–Crippen LogP) is 2.11. The van der Waals surface area contributed by atoms with Crippen LogP contribution in [0.2, 0.25) is 0 Å². The number of aromatic nitrogens is 2. The molecule has 0 radical (unpaired) electrons. The first-order chi connectivity index (χ1) is 13.6. The fourth-order valence-corrected chi connectivity index (χ4v) is 3.27. The molecule has 156 valence electrons. The Hall–Kier alpha value is -2.81. The van der Waals surface area contributed by atoms with Crippen molar-refractivity contribution in [2.24, 2.45) is 5.41 Å². The second-order valence-electron chi connectivity index (χ2n) is 7.97. The van der Waals surface area contributed by atoms with Gasteiger partial charge in [0.15, 0.2) is 17.3 Å². The van der Waals surface area contributed by atoms with Gasteiger partial charge in [-0.1, -0.05) is 20.8 Å². The summed E-state index contributed by atoms with van der Waals surface area (Å²) in [7, 11) is 1.50. The number of halogens is 2. The highest BCUT2D eigenvalue weighted by atomic mass is 19.2. The number of benzene rings is 1. The molecule has 2 amide bonds. The number of nitrogens with one attached hydrogen (secondary N) is 2. The van der Waals surface area contributed by atoms with Crippen LogP contribution in [0.25, 0.3) is 5.69 Å². The normalized spacial score (nSPS) is 14.8. The quantitative estimate of drug-likeness (QED) is 0.815. The molecule has 1 aliphatic heterocycles. The predicted molar refractivity (Wildman–Crippen MR) is 102 cm³/mol. The number of hydrogen-bond donors (Lipinski definition) is 2. The Morgan fingerprint density at radius 1 is 1.24 bits per heavy atom. The first-order valence-electron chi connectivity index (χ1n) is 9.30. The first-order valence-corrected chi connectivity index (χ1v) is 9.30. The Bertz CT molecular complexity index is 950. The zero-order chi connectivity index (χ0) is 21.3. The molecule has 0 saturated carbocycles. The van der Waals surface area contributed by atoms with E-state index in [2.05, 4.69) is 15.7 Å². The molecule has 9 heteroatoms. The maximum atomic E-state index is 13.7. The lowest BCUT2D eigenvalue weighted by atomic mass is 9.86. The lowest BCUT2D eigenvalue weighted by molar-refractivity contribution is -0.124. The van der Waals surface area contributed by atoms with Crippen LogP contribution in [-0.4, -0.2) is 41.3 Å². The Kier molecular flexibility index (Phi) is 5.70. The summed E-state index contributed by atoms with van der Waals surface area (Å²) in [6.07, 6.45) is 0.465. The SMILES string of the molecule is CNC(=O)[C@@H](NC(=O)c1nn(-c2ccc(F)c(F)c2)c2c1COCC2)C(C)(C)C. The third-order valence-electron chi connectivity index (χ3n) is 4.83. The molecule has 0 bridgehead atoms. The zero-order valence-corrected chi connectivity index (χ0v) is 16.8. The monoisotopic (exact) mass is 406 g/mol. The molecular formula is C20H24F2N4O3. The van der Waals surface area contributed by atoms with Crippen molar-refractivity contribution >= 4 is 11.8 Å². The van der Waals surface area contributed by atoms with Crippen LogP contribution < -0.4 is 10.6 Å². The zero-order valence-electron chi connectivity index (χ0n) is 16.8. The second kappa shape index (κ2) is 7.90. The number of nitrogens with zero attached hydrogens (tertiary/aromatic N) is 2. The van der Waals surface area contributed by atoms with E-state index in [0.717, 1.165) is 12.1 Å². The Balaban J connectivity index is 2.01. The van der Waals surface area contributed by atoms with E-state index in [9.17, 15) is 18.4 Å². The molecule has 2 aromatic rings. The van der Waals surface area contributed by atoms with Gasteiger partial charge in [0, 0.05) is 25.1 Å². The van der Waals surface area contributed by atoms with Gasteiger partial charge in [-0.3, -0.25) is 9.59 Å². The molecule has 0 spiro atoms. The maximum Gasteiger partial charge on any atom is 0.272 e. The van der Waals surface area contributed by atoms with E-state index in [0.29, 0.717) is 30.0 Å². The minimum absolute atomic E-state index is 0.0996. The van der Waals surface area contributed by atoms with Crippen molar-refractivity contribution in [3.05, 3.63) is 46.8 Å². The van der Waals surface area contributed by atoms with E-state index in [-0.39, 0.29) is 18.2 Å². The molecule has 29 heavy (non-hydrogen) atoms. The Labute approximate surface area is 167 Å². The van der Waals surface area contributed by atoms with Gasteiger partial charge in [0.2, 0.25) is 5.91 Å². The minimum Gasteiger partial charge on any atom is -0.376 e. The summed E-state index contributed by atoms with van der Waals surface area (Å²) in [5, 5.41) is 9.65. The molecule has 1 atom stereocenters. The fourth-order valence-electron chi connectivity index (χ4n) is 3.27. The minimum atomic E-state index is -1.00. The summed E-state index contributed by atoms with van der Waals surface area (Å²) in [4.78, 5) is 25.3. The number of ether oxygens (including phenoxy) is 1. The molecule has 1 aromatic heterocycles. The average Bonchev–Trinajstić information content (AvgIpc) is 3.06. The van der Waals surface area contributed by atoms with Crippen molar-refractivity contribution in [2.45, 2.75) is 39.8 Å². The van der Waals surface area contributed by atoms with Gasteiger partial charge in [0.25, 0.3) is 5.91 Å². The van der Waals surface area contributed by atoms with E-state index in [1.165, 1.54) is 17.8 Å². The number of carbonyl (C=O) groups excluding carboxylic acids is 2. The maximum absolute atomic E-state index is 13.7. The van der Waals surface area contributed by atoms with E-state index >= 15 is 0 Å². The molecule has 1 aliphatic rings. The number of hydrogen-bond acceptors (Lipinski definition) is 4. The van der Waals surface area contributed by atoms with Gasteiger partial charge >= 0.3 is 0 Å². The third-order valence-corrected chi connectivity index (χ3v) is 4.83. The van der Waals surface area contributed by atoms with Crippen molar-refractivity contribution in [3.63, 3.8) is 0 Å². The molecule has 0 saturated heterocycles. The van der Waals surface area contributed by atoms with E-state index in [1.807, 2.05) is 20.8 Å². The standard InChI is InChI=1S/C20H24F2N4O3/c1-20(2,3)17(19(28)23-4)24-18(27)16-12-10-29-8-7-15(12)26(25-16)11-5-6-13(21)14(22)9-11/h5-6,9,17H,7-8,10H2,1-4H3,(H,23,28)(H,24,27)/t17-/m1/s1. The summed E-state index contributed by atoms with van der Waals surface area (Å²) in [5.74, 6) is -2.82. The topological polar surface area (TPSA) is 85.3 Å². The van der Waals surface area contributed by atoms with Gasteiger partial charge in [0.1, 0.15) is 6.04 Å². The van der Waals surface area contributed by atoms with Crippen LogP contribution in [0.5, 0.6) is 0 Å². The lowest BCUT2D eigenvalue weighted by Crippen LogP contribution is -2.53. The molecular weight excluding hydrogens is 382 g/mol.